The van der Waals surface area contributed by atoms with E-state index in [2.05, 4.69) is 10.2 Å². The summed E-state index contributed by atoms with van der Waals surface area (Å²) in [6.07, 6.45) is 0. The van der Waals surface area contributed by atoms with Crippen LogP contribution in [0.4, 0.5) is 0 Å². The number of hydrogen-bond acceptors (Lipinski definition) is 6. The van der Waals surface area contributed by atoms with E-state index in [9.17, 15) is 13.2 Å². The third-order valence-electron chi connectivity index (χ3n) is 5.38. The van der Waals surface area contributed by atoms with Crippen molar-refractivity contribution < 1.29 is 13.2 Å². The number of nitrogens with zero attached hydrogens (tertiary/aromatic N) is 6. The monoisotopic (exact) mass is 486 g/mol. The average Bonchev–Trinajstić information content (AvgIpc) is 3.27. The van der Waals surface area contributed by atoms with Crippen molar-refractivity contribution in [1.29, 1.82) is 0 Å². The molecule has 0 N–H and O–H groups in total. The summed E-state index contributed by atoms with van der Waals surface area (Å²) in [6.45, 7) is 1.31. The molecule has 0 bridgehead atoms. The molecule has 1 fully saturated rings. The van der Waals surface area contributed by atoms with E-state index in [1.54, 1.807) is 4.90 Å². The van der Waals surface area contributed by atoms with Gasteiger partial charge < -0.3 is 4.90 Å². The van der Waals surface area contributed by atoms with Gasteiger partial charge in [-0.15, -0.1) is 10.2 Å². The Bertz CT molecular complexity index is 1190. The van der Waals surface area contributed by atoms with Crippen LogP contribution in [-0.4, -0.2) is 88.6 Å². The Morgan fingerprint density at radius 2 is 1.55 bits per heavy atom. The van der Waals surface area contributed by atoms with Gasteiger partial charge in [0.1, 0.15) is 0 Å². The lowest BCUT2D eigenvalue weighted by atomic mass is 10.2. The van der Waals surface area contributed by atoms with Gasteiger partial charge in [0.15, 0.2) is 11.0 Å². The van der Waals surface area contributed by atoms with Crippen LogP contribution in [0.25, 0.3) is 17.1 Å². The lowest BCUT2D eigenvalue weighted by Crippen LogP contribution is -2.53. The summed E-state index contributed by atoms with van der Waals surface area (Å²) in [4.78, 5) is 14.6. The number of carbonyl (C=O) groups excluding carboxylic acids is 1. The SMILES string of the molecule is CN(C)S(=O)(=O)N1CCN(C(=O)CSc2nnc(-c3ccccc3)n2-c2ccccc2)CC1. The van der Waals surface area contributed by atoms with E-state index in [0.29, 0.717) is 24.1 Å². The molecule has 3 aromatic rings. The van der Waals surface area contributed by atoms with Gasteiger partial charge >= 0.3 is 0 Å². The van der Waals surface area contributed by atoms with Crippen molar-refractivity contribution in [3.63, 3.8) is 0 Å². The minimum Gasteiger partial charge on any atom is -0.339 e. The Kier molecular flexibility index (Phi) is 7.13. The molecule has 1 aromatic heterocycles. The maximum absolute atomic E-state index is 12.9. The molecule has 2 heterocycles. The molecule has 4 rings (SSSR count). The Balaban J connectivity index is 1.47. The molecule has 0 spiro atoms. The summed E-state index contributed by atoms with van der Waals surface area (Å²) in [5, 5.41) is 9.38. The first kappa shape index (κ1) is 23.4. The normalized spacial score (nSPS) is 15.2. The third-order valence-corrected chi connectivity index (χ3v) is 8.24. The topological polar surface area (TPSA) is 91.6 Å². The predicted octanol–water partition coefficient (Wildman–Crippen LogP) is 1.98. The van der Waals surface area contributed by atoms with Crippen LogP contribution < -0.4 is 0 Å². The first-order chi connectivity index (χ1) is 15.9. The molecule has 1 aliphatic heterocycles. The standard InChI is InChI=1S/C22H26N6O3S2/c1-25(2)33(30,31)27-15-13-26(14-16-27)20(29)17-32-22-24-23-21(18-9-5-3-6-10-18)28(22)19-11-7-4-8-12-19/h3-12H,13-17H2,1-2H3. The summed E-state index contributed by atoms with van der Waals surface area (Å²) in [6, 6.07) is 19.6. The number of hydrogen-bond donors (Lipinski definition) is 0. The lowest BCUT2D eigenvalue weighted by molar-refractivity contribution is -0.129. The molecule has 0 aliphatic carbocycles. The first-order valence-corrected chi connectivity index (χ1v) is 12.9. The number of aromatic nitrogens is 3. The number of thioether (sulfide) groups is 1. The zero-order chi connectivity index (χ0) is 23.4. The molecular weight excluding hydrogens is 460 g/mol. The highest BCUT2D eigenvalue weighted by molar-refractivity contribution is 7.99. The number of rotatable bonds is 7. The Labute approximate surface area is 198 Å². The molecule has 1 aliphatic rings. The van der Waals surface area contributed by atoms with E-state index in [1.165, 1.54) is 34.5 Å². The van der Waals surface area contributed by atoms with Crippen molar-refractivity contribution >= 4 is 27.9 Å². The van der Waals surface area contributed by atoms with Crippen LogP contribution in [0.2, 0.25) is 0 Å². The van der Waals surface area contributed by atoms with E-state index in [0.717, 1.165) is 11.3 Å². The smallest absolute Gasteiger partial charge is 0.281 e. The van der Waals surface area contributed by atoms with E-state index >= 15 is 0 Å². The zero-order valence-electron chi connectivity index (χ0n) is 18.5. The molecule has 33 heavy (non-hydrogen) atoms. The highest BCUT2D eigenvalue weighted by atomic mass is 32.2. The lowest BCUT2D eigenvalue weighted by Gasteiger charge is -2.35. The average molecular weight is 487 g/mol. The van der Waals surface area contributed by atoms with Crippen molar-refractivity contribution in [1.82, 2.24) is 28.3 Å². The fourth-order valence-corrected chi connectivity index (χ4v) is 5.51. The van der Waals surface area contributed by atoms with Crippen LogP contribution >= 0.6 is 11.8 Å². The number of benzene rings is 2. The van der Waals surface area contributed by atoms with Crippen molar-refractivity contribution in [3.05, 3.63) is 60.7 Å². The van der Waals surface area contributed by atoms with Crippen LogP contribution in [0, 0.1) is 0 Å². The van der Waals surface area contributed by atoms with E-state index in [1.807, 2.05) is 65.2 Å². The van der Waals surface area contributed by atoms with Crippen molar-refractivity contribution in [2.45, 2.75) is 5.16 Å². The fraction of sp³-hybridized carbons (Fsp3) is 0.318. The number of carbonyl (C=O) groups is 1. The molecule has 0 unspecified atom stereocenters. The molecule has 0 atom stereocenters. The van der Waals surface area contributed by atoms with Crippen LogP contribution in [0.5, 0.6) is 0 Å². The minimum absolute atomic E-state index is 0.0502. The maximum Gasteiger partial charge on any atom is 0.281 e. The number of para-hydroxylation sites is 1. The summed E-state index contributed by atoms with van der Waals surface area (Å²) >= 11 is 1.33. The summed E-state index contributed by atoms with van der Waals surface area (Å²) < 4.78 is 29.1. The van der Waals surface area contributed by atoms with Crippen LogP contribution in [0.15, 0.2) is 65.8 Å². The van der Waals surface area contributed by atoms with Gasteiger partial charge in [0.25, 0.3) is 10.2 Å². The van der Waals surface area contributed by atoms with Gasteiger partial charge in [-0.05, 0) is 12.1 Å². The van der Waals surface area contributed by atoms with Gasteiger partial charge in [-0.25, -0.2) is 0 Å². The molecule has 11 heteroatoms. The molecule has 0 radical (unpaired) electrons. The third kappa shape index (κ3) is 5.11. The first-order valence-electron chi connectivity index (χ1n) is 10.5. The van der Waals surface area contributed by atoms with Crippen LogP contribution in [0.3, 0.4) is 0 Å². The van der Waals surface area contributed by atoms with Crippen molar-refractivity contribution in [2.75, 3.05) is 46.0 Å². The van der Waals surface area contributed by atoms with Gasteiger partial charge in [-0.3, -0.25) is 9.36 Å². The largest absolute Gasteiger partial charge is 0.339 e. The summed E-state index contributed by atoms with van der Waals surface area (Å²) in [5.74, 6) is 0.852. The number of amides is 1. The quantitative estimate of drug-likeness (QED) is 0.474. The second kappa shape index (κ2) is 10.0. The Morgan fingerprint density at radius 1 is 0.939 bits per heavy atom. The molecule has 1 amide bonds. The highest BCUT2D eigenvalue weighted by Gasteiger charge is 2.30. The molecule has 9 nitrogen and oxygen atoms in total. The predicted molar refractivity (Wildman–Crippen MR) is 128 cm³/mol. The molecule has 2 aromatic carbocycles. The van der Waals surface area contributed by atoms with Gasteiger partial charge in [0, 0.05) is 51.5 Å². The molecule has 0 saturated carbocycles. The van der Waals surface area contributed by atoms with Crippen LogP contribution in [0.1, 0.15) is 0 Å². The van der Waals surface area contributed by atoms with Gasteiger partial charge in [0.05, 0.1) is 5.75 Å². The minimum atomic E-state index is -3.46. The Morgan fingerprint density at radius 3 is 2.15 bits per heavy atom. The van der Waals surface area contributed by atoms with Crippen molar-refractivity contribution in [3.8, 4) is 17.1 Å². The second-order valence-electron chi connectivity index (χ2n) is 7.70. The van der Waals surface area contributed by atoms with Crippen molar-refractivity contribution in [2.24, 2.45) is 0 Å². The number of piperazine rings is 1. The molecule has 1 saturated heterocycles. The fourth-order valence-electron chi connectivity index (χ4n) is 3.56. The van der Waals surface area contributed by atoms with Gasteiger partial charge in [-0.2, -0.15) is 17.0 Å². The highest BCUT2D eigenvalue weighted by Crippen LogP contribution is 2.28. The summed E-state index contributed by atoms with van der Waals surface area (Å²) in [7, 11) is -0.442. The van der Waals surface area contributed by atoms with E-state index in [4.69, 9.17) is 0 Å². The van der Waals surface area contributed by atoms with Gasteiger partial charge in [-0.1, -0.05) is 60.3 Å². The van der Waals surface area contributed by atoms with E-state index < -0.39 is 10.2 Å². The Hall–Kier alpha value is -2.73. The molecule has 174 valence electrons. The van der Waals surface area contributed by atoms with Gasteiger partial charge in [0.2, 0.25) is 5.91 Å². The summed E-state index contributed by atoms with van der Waals surface area (Å²) in [5.41, 5.74) is 1.85. The van der Waals surface area contributed by atoms with E-state index in [-0.39, 0.29) is 24.7 Å². The maximum atomic E-state index is 12.9. The van der Waals surface area contributed by atoms with Crippen LogP contribution in [-0.2, 0) is 15.0 Å². The second-order valence-corrected chi connectivity index (χ2v) is 10.8. The molecular formula is C22H26N6O3S2. The zero-order valence-corrected chi connectivity index (χ0v) is 20.2.